The van der Waals surface area contributed by atoms with Crippen LogP contribution >= 0.6 is 0 Å². The molecule has 0 bridgehead atoms. The summed E-state index contributed by atoms with van der Waals surface area (Å²) in [5.41, 5.74) is 6.16. The van der Waals surface area contributed by atoms with E-state index in [0.29, 0.717) is 12.1 Å². The number of nitrogens with two attached hydrogens (primary N) is 1. The van der Waals surface area contributed by atoms with Gasteiger partial charge in [0.15, 0.2) is 0 Å². The van der Waals surface area contributed by atoms with Crippen molar-refractivity contribution in [2.75, 3.05) is 19.7 Å². The van der Waals surface area contributed by atoms with Crippen molar-refractivity contribution in [1.29, 1.82) is 0 Å². The van der Waals surface area contributed by atoms with E-state index < -0.39 is 0 Å². The molecule has 3 nitrogen and oxygen atoms in total. The summed E-state index contributed by atoms with van der Waals surface area (Å²) in [6.07, 6.45) is 9.80. The summed E-state index contributed by atoms with van der Waals surface area (Å²) in [7, 11) is 0. The van der Waals surface area contributed by atoms with Gasteiger partial charge in [-0.05, 0) is 51.0 Å². The molecule has 4 unspecified atom stereocenters. The Labute approximate surface area is 105 Å². The summed E-state index contributed by atoms with van der Waals surface area (Å²) in [4.78, 5) is 2.69. The van der Waals surface area contributed by atoms with Crippen LogP contribution in [0.15, 0.2) is 0 Å². The molecule has 3 rings (SSSR count). The molecule has 1 aliphatic heterocycles. The van der Waals surface area contributed by atoms with Gasteiger partial charge in [-0.15, -0.1) is 0 Å². The minimum absolute atomic E-state index is 0.482. The lowest BCUT2D eigenvalue weighted by Gasteiger charge is -2.38. The molecule has 3 heteroatoms. The van der Waals surface area contributed by atoms with Crippen molar-refractivity contribution in [3.8, 4) is 0 Å². The number of nitrogens with zero attached hydrogens (tertiary/aromatic N) is 1. The Morgan fingerprint density at radius 3 is 2.82 bits per heavy atom. The zero-order valence-electron chi connectivity index (χ0n) is 10.8. The van der Waals surface area contributed by atoms with Gasteiger partial charge in [0.1, 0.15) is 0 Å². The number of rotatable bonds is 3. The lowest BCUT2D eigenvalue weighted by molar-refractivity contribution is -0.0569. The van der Waals surface area contributed by atoms with Crippen LogP contribution in [-0.4, -0.2) is 42.8 Å². The average Bonchev–Trinajstić information content (AvgIpc) is 2.95. The number of hydrogen-bond donors (Lipinski definition) is 1. The van der Waals surface area contributed by atoms with Gasteiger partial charge < -0.3 is 10.5 Å². The monoisotopic (exact) mass is 238 g/mol. The first-order valence-corrected chi connectivity index (χ1v) is 7.46. The van der Waals surface area contributed by atoms with Gasteiger partial charge in [0.25, 0.3) is 0 Å². The Bertz CT molecular complexity index is 259. The molecule has 3 fully saturated rings. The van der Waals surface area contributed by atoms with E-state index in [1.54, 1.807) is 0 Å². The lowest BCUT2D eigenvalue weighted by Crippen LogP contribution is -2.49. The van der Waals surface area contributed by atoms with Crippen LogP contribution in [-0.2, 0) is 4.74 Å². The zero-order chi connectivity index (χ0) is 11.7. The SMILES string of the molecule is NC1CCCC1CCN1CCOC2CCCC21. The highest BCUT2D eigenvalue weighted by Gasteiger charge is 2.36. The van der Waals surface area contributed by atoms with Crippen molar-refractivity contribution in [3.05, 3.63) is 0 Å². The van der Waals surface area contributed by atoms with Gasteiger partial charge in [-0.2, -0.15) is 0 Å². The molecule has 4 atom stereocenters. The van der Waals surface area contributed by atoms with Crippen LogP contribution in [0.1, 0.15) is 44.9 Å². The van der Waals surface area contributed by atoms with E-state index in [2.05, 4.69) is 4.90 Å². The summed E-state index contributed by atoms with van der Waals surface area (Å²) in [5.74, 6) is 0.790. The predicted molar refractivity (Wildman–Crippen MR) is 68.9 cm³/mol. The Morgan fingerprint density at radius 1 is 1.12 bits per heavy atom. The van der Waals surface area contributed by atoms with Crippen molar-refractivity contribution < 1.29 is 4.74 Å². The Hall–Kier alpha value is -0.120. The highest BCUT2D eigenvalue weighted by molar-refractivity contribution is 4.90. The molecule has 1 saturated heterocycles. The molecule has 0 amide bonds. The molecule has 0 aromatic heterocycles. The minimum Gasteiger partial charge on any atom is -0.375 e. The molecule has 1 heterocycles. The van der Waals surface area contributed by atoms with Crippen LogP contribution in [0.2, 0.25) is 0 Å². The van der Waals surface area contributed by atoms with Gasteiger partial charge in [0, 0.05) is 18.6 Å². The fourth-order valence-electron chi connectivity index (χ4n) is 4.04. The van der Waals surface area contributed by atoms with Crippen molar-refractivity contribution >= 4 is 0 Å². The third kappa shape index (κ3) is 2.51. The van der Waals surface area contributed by atoms with E-state index in [9.17, 15) is 0 Å². The first kappa shape index (κ1) is 11.9. The van der Waals surface area contributed by atoms with E-state index in [1.807, 2.05) is 0 Å². The number of morpholine rings is 1. The van der Waals surface area contributed by atoms with E-state index in [4.69, 9.17) is 10.5 Å². The van der Waals surface area contributed by atoms with Crippen LogP contribution in [0.5, 0.6) is 0 Å². The summed E-state index contributed by atoms with van der Waals surface area (Å²) in [6, 6.07) is 1.21. The Morgan fingerprint density at radius 2 is 2.00 bits per heavy atom. The van der Waals surface area contributed by atoms with Crippen molar-refractivity contribution in [3.63, 3.8) is 0 Å². The van der Waals surface area contributed by atoms with E-state index in [0.717, 1.165) is 25.1 Å². The summed E-state index contributed by atoms with van der Waals surface area (Å²) in [6.45, 7) is 3.34. The Balaban J connectivity index is 1.50. The predicted octanol–water partition coefficient (Wildman–Crippen LogP) is 1.76. The van der Waals surface area contributed by atoms with Gasteiger partial charge in [-0.25, -0.2) is 0 Å². The molecule has 0 radical (unpaired) electrons. The number of hydrogen-bond acceptors (Lipinski definition) is 3. The van der Waals surface area contributed by atoms with Crippen LogP contribution in [0, 0.1) is 5.92 Å². The van der Waals surface area contributed by atoms with E-state index >= 15 is 0 Å². The lowest BCUT2D eigenvalue weighted by atomic mass is 9.99. The second kappa shape index (κ2) is 5.25. The van der Waals surface area contributed by atoms with Crippen molar-refractivity contribution in [1.82, 2.24) is 4.90 Å². The second-order valence-corrected chi connectivity index (χ2v) is 6.09. The fourth-order valence-corrected chi connectivity index (χ4v) is 4.04. The molecule has 2 aliphatic carbocycles. The Kier molecular flexibility index (Phi) is 3.69. The van der Waals surface area contributed by atoms with E-state index in [-0.39, 0.29) is 0 Å². The first-order valence-electron chi connectivity index (χ1n) is 7.46. The summed E-state index contributed by atoms with van der Waals surface area (Å²) in [5, 5.41) is 0. The van der Waals surface area contributed by atoms with Crippen LogP contribution < -0.4 is 5.73 Å². The van der Waals surface area contributed by atoms with Gasteiger partial charge in [0.2, 0.25) is 0 Å². The van der Waals surface area contributed by atoms with Crippen LogP contribution in [0.3, 0.4) is 0 Å². The third-order valence-electron chi connectivity index (χ3n) is 5.10. The van der Waals surface area contributed by atoms with Gasteiger partial charge in [0.05, 0.1) is 12.7 Å². The molecule has 0 spiro atoms. The van der Waals surface area contributed by atoms with Gasteiger partial charge in [-0.1, -0.05) is 6.42 Å². The third-order valence-corrected chi connectivity index (χ3v) is 5.10. The topological polar surface area (TPSA) is 38.5 Å². The highest BCUT2D eigenvalue weighted by Crippen LogP contribution is 2.32. The highest BCUT2D eigenvalue weighted by atomic mass is 16.5. The van der Waals surface area contributed by atoms with Crippen molar-refractivity contribution in [2.24, 2.45) is 11.7 Å². The van der Waals surface area contributed by atoms with Gasteiger partial charge in [-0.3, -0.25) is 4.90 Å². The second-order valence-electron chi connectivity index (χ2n) is 6.09. The smallest absolute Gasteiger partial charge is 0.0730 e. The first-order chi connectivity index (χ1) is 8.34. The maximum atomic E-state index is 6.16. The van der Waals surface area contributed by atoms with Gasteiger partial charge >= 0.3 is 0 Å². The largest absolute Gasteiger partial charge is 0.375 e. The molecule has 0 aromatic carbocycles. The molecule has 98 valence electrons. The molecule has 2 saturated carbocycles. The fraction of sp³-hybridized carbons (Fsp3) is 1.00. The maximum Gasteiger partial charge on any atom is 0.0730 e. The molecule has 3 aliphatic rings. The summed E-state index contributed by atoms with van der Waals surface area (Å²) < 4.78 is 5.86. The minimum atomic E-state index is 0.482. The standard InChI is InChI=1S/C14H26N2O/c15-12-4-1-3-11(12)7-8-16-9-10-17-14-6-2-5-13(14)16/h11-14H,1-10,15H2. The molecule has 2 N–H and O–H groups in total. The molecule has 0 aromatic rings. The normalized spacial score (nSPS) is 42.9. The number of ether oxygens (including phenoxy) is 1. The van der Waals surface area contributed by atoms with Crippen molar-refractivity contribution in [2.45, 2.75) is 63.1 Å². The van der Waals surface area contributed by atoms with Crippen LogP contribution in [0.25, 0.3) is 0 Å². The molecule has 17 heavy (non-hydrogen) atoms. The quantitative estimate of drug-likeness (QED) is 0.814. The summed E-state index contributed by atoms with van der Waals surface area (Å²) >= 11 is 0. The van der Waals surface area contributed by atoms with Crippen LogP contribution in [0.4, 0.5) is 0 Å². The van der Waals surface area contributed by atoms with E-state index in [1.165, 1.54) is 51.5 Å². The molecular formula is C14H26N2O. The maximum absolute atomic E-state index is 6.16. The average molecular weight is 238 g/mol. The zero-order valence-corrected chi connectivity index (χ0v) is 10.8. The molecular weight excluding hydrogens is 212 g/mol. The number of fused-ring (bicyclic) bond motifs is 1.